The molecule has 0 aromatic rings. The molecule has 0 bridgehead atoms. The fraction of sp³-hybridized carbons (Fsp3) is 0.846. The van der Waals surface area contributed by atoms with Gasteiger partial charge in [-0.1, -0.05) is 0 Å². The van der Waals surface area contributed by atoms with E-state index in [4.69, 9.17) is 9.47 Å². The van der Waals surface area contributed by atoms with E-state index < -0.39 is 11.1 Å². The number of methoxy groups -OCH3 is 1. The molecule has 0 aliphatic carbocycles. The van der Waals surface area contributed by atoms with Crippen molar-refractivity contribution in [2.75, 3.05) is 13.7 Å². The number of ether oxygens (including phenoxy) is 2. The second-order valence-electron chi connectivity index (χ2n) is 5.95. The molecule has 0 aromatic carbocycles. The van der Waals surface area contributed by atoms with E-state index >= 15 is 0 Å². The molecule has 0 unspecified atom stereocenters. The lowest BCUT2D eigenvalue weighted by Gasteiger charge is -2.25. The molecule has 0 saturated carbocycles. The number of esters is 1. The van der Waals surface area contributed by atoms with Gasteiger partial charge in [0.2, 0.25) is 5.91 Å². The van der Waals surface area contributed by atoms with Gasteiger partial charge in [0, 0.05) is 13.5 Å². The molecule has 106 valence electrons. The fourth-order valence-electron chi connectivity index (χ4n) is 1.44. The highest BCUT2D eigenvalue weighted by atomic mass is 16.6. The van der Waals surface area contributed by atoms with Crippen LogP contribution in [0.2, 0.25) is 0 Å². The standard InChI is InChI=1S/C13H25NO4/c1-12(2,3)18-11(16)8-7-10(15)14-13(4,5)9-17-6/h7-9H2,1-6H3,(H,14,15). The van der Waals surface area contributed by atoms with Crippen LogP contribution in [0.25, 0.3) is 0 Å². The van der Waals surface area contributed by atoms with Gasteiger partial charge in [0.1, 0.15) is 5.60 Å². The Kier molecular flexibility index (Phi) is 6.32. The third kappa shape index (κ3) is 8.98. The van der Waals surface area contributed by atoms with Crippen LogP contribution in [0.5, 0.6) is 0 Å². The summed E-state index contributed by atoms with van der Waals surface area (Å²) >= 11 is 0. The molecule has 0 rings (SSSR count). The van der Waals surface area contributed by atoms with Gasteiger partial charge in [-0.05, 0) is 34.6 Å². The van der Waals surface area contributed by atoms with Crippen LogP contribution < -0.4 is 5.32 Å². The molecular weight excluding hydrogens is 234 g/mol. The second-order valence-corrected chi connectivity index (χ2v) is 5.95. The number of nitrogens with one attached hydrogen (secondary N) is 1. The highest BCUT2D eigenvalue weighted by Gasteiger charge is 2.21. The summed E-state index contributed by atoms with van der Waals surface area (Å²) in [6.07, 6.45) is 0.216. The minimum Gasteiger partial charge on any atom is -0.460 e. The second kappa shape index (κ2) is 6.73. The van der Waals surface area contributed by atoms with Crippen LogP contribution in [0.4, 0.5) is 0 Å². The average molecular weight is 259 g/mol. The van der Waals surface area contributed by atoms with Crippen LogP contribution in [0.15, 0.2) is 0 Å². The SMILES string of the molecule is COCC(C)(C)NC(=O)CCC(=O)OC(C)(C)C. The molecule has 0 fully saturated rings. The summed E-state index contributed by atoms with van der Waals surface area (Å²) in [4.78, 5) is 23.1. The van der Waals surface area contributed by atoms with Crippen LogP contribution in [0.1, 0.15) is 47.5 Å². The van der Waals surface area contributed by atoms with Gasteiger partial charge in [-0.2, -0.15) is 0 Å². The molecule has 5 nitrogen and oxygen atoms in total. The summed E-state index contributed by atoms with van der Waals surface area (Å²) in [5.41, 5.74) is -0.942. The summed E-state index contributed by atoms with van der Waals surface area (Å²) in [5, 5.41) is 2.80. The maximum Gasteiger partial charge on any atom is 0.306 e. The predicted octanol–water partition coefficient (Wildman–Crippen LogP) is 1.65. The van der Waals surface area contributed by atoms with Gasteiger partial charge in [-0.25, -0.2) is 0 Å². The largest absolute Gasteiger partial charge is 0.460 e. The number of rotatable bonds is 6. The zero-order chi connectivity index (χ0) is 14.4. The summed E-state index contributed by atoms with van der Waals surface area (Å²) in [7, 11) is 1.58. The Balaban J connectivity index is 4.01. The number of carbonyl (C=O) groups excluding carboxylic acids is 2. The van der Waals surface area contributed by atoms with Crippen LogP contribution in [-0.4, -0.2) is 36.7 Å². The van der Waals surface area contributed by atoms with E-state index in [2.05, 4.69) is 5.32 Å². The Labute approximate surface area is 109 Å². The molecule has 0 aromatic heterocycles. The normalized spacial score (nSPS) is 12.1. The summed E-state index contributed by atoms with van der Waals surface area (Å²) in [6, 6.07) is 0. The molecule has 0 aliphatic heterocycles. The Morgan fingerprint density at radius 2 is 1.61 bits per heavy atom. The van der Waals surface area contributed by atoms with Gasteiger partial charge in [0.15, 0.2) is 0 Å². The van der Waals surface area contributed by atoms with Crippen LogP contribution in [0, 0.1) is 0 Å². The predicted molar refractivity (Wildman–Crippen MR) is 69.2 cm³/mol. The maximum atomic E-state index is 11.6. The van der Waals surface area contributed by atoms with Gasteiger partial charge >= 0.3 is 5.97 Å². The van der Waals surface area contributed by atoms with Crippen LogP contribution in [-0.2, 0) is 19.1 Å². The highest BCUT2D eigenvalue weighted by Crippen LogP contribution is 2.09. The number of carbonyl (C=O) groups is 2. The van der Waals surface area contributed by atoms with Crippen molar-refractivity contribution in [3.05, 3.63) is 0 Å². The van der Waals surface area contributed by atoms with E-state index in [0.29, 0.717) is 6.61 Å². The molecule has 5 heteroatoms. The van der Waals surface area contributed by atoms with Crippen molar-refractivity contribution < 1.29 is 19.1 Å². The van der Waals surface area contributed by atoms with E-state index in [-0.39, 0.29) is 24.7 Å². The van der Waals surface area contributed by atoms with Gasteiger partial charge in [0.05, 0.1) is 18.6 Å². The summed E-state index contributed by atoms with van der Waals surface area (Å²) in [5.74, 6) is -0.537. The van der Waals surface area contributed by atoms with E-state index in [1.165, 1.54) is 0 Å². The lowest BCUT2D eigenvalue weighted by molar-refractivity contribution is -0.155. The van der Waals surface area contributed by atoms with Gasteiger partial charge in [-0.3, -0.25) is 9.59 Å². The fourth-order valence-corrected chi connectivity index (χ4v) is 1.44. The van der Waals surface area contributed by atoms with Crippen molar-refractivity contribution in [3.63, 3.8) is 0 Å². The van der Waals surface area contributed by atoms with E-state index in [0.717, 1.165) is 0 Å². The van der Waals surface area contributed by atoms with Crippen molar-refractivity contribution in [2.45, 2.75) is 58.6 Å². The quantitative estimate of drug-likeness (QED) is 0.737. The molecule has 18 heavy (non-hydrogen) atoms. The highest BCUT2D eigenvalue weighted by molar-refractivity contribution is 5.81. The minimum absolute atomic E-state index is 0.0894. The first-order valence-corrected chi connectivity index (χ1v) is 6.07. The van der Waals surface area contributed by atoms with Gasteiger partial charge in [0.25, 0.3) is 0 Å². The van der Waals surface area contributed by atoms with Crippen molar-refractivity contribution in [1.29, 1.82) is 0 Å². The Morgan fingerprint density at radius 1 is 1.06 bits per heavy atom. The molecule has 0 radical (unpaired) electrons. The zero-order valence-electron chi connectivity index (χ0n) is 12.3. The van der Waals surface area contributed by atoms with E-state index in [9.17, 15) is 9.59 Å². The van der Waals surface area contributed by atoms with Gasteiger partial charge in [-0.15, -0.1) is 0 Å². The van der Waals surface area contributed by atoms with Crippen molar-refractivity contribution in [2.24, 2.45) is 0 Å². The Hall–Kier alpha value is -1.10. The first-order chi connectivity index (χ1) is 8.06. The third-order valence-electron chi connectivity index (χ3n) is 1.96. The van der Waals surface area contributed by atoms with Crippen molar-refractivity contribution in [3.8, 4) is 0 Å². The molecule has 1 N–H and O–H groups in total. The summed E-state index contributed by atoms with van der Waals surface area (Å²) < 4.78 is 10.1. The molecular formula is C13H25NO4. The lowest BCUT2D eigenvalue weighted by Crippen LogP contribution is -2.46. The Morgan fingerprint density at radius 3 is 2.06 bits per heavy atom. The molecule has 0 atom stereocenters. The molecule has 0 aliphatic rings. The monoisotopic (exact) mass is 259 g/mol. The first-order valence-electron chi connectivity index (χ1n) is 6.07. The first kappa shape index (κ1) is 16.9. The zero-order valence-corrected chi connectivity index (χ0v) is 12.3. The number of hydrogen-bond donors (Lipinski definition) is 1. The topological polar surface area (TPSA) is 64.6 Å². The third-order valence-corrected chi connectivity index (χ3v) is 1.96. The van der Waals surface area contributed by atoms with Crippen molar-refractivity contribution in [1.82, 2.24) is 5.32 Å². The molecule has 0 heterocycles. The molecule has 0 spiro atoms. The van der Waals surface area contributed by atoms with Crippen molar-refractivity contribution >= 4 is 11.9 Å². The smallest absolute Gasteiger partial charge is 0.306 e. The minimum atomic E-state index is -0.511. The molecule has 1 amide bonds. The van der Waals surface area contributed by atoms with E-state index in [1.54, 1.807) is 27.9 Å². The lowest BCUT2D eigenvalue weighted by atomic mass is 10.1. The van der Waals surface area contributed by atoms with Gasteiger partial charge < -0.3 is 14.8 Å². The van der Waals surface area contributed by atoms with E-state index in [1.807, 2.05) is 13.8 Å². The average Bonchev–Trinajstić information content (AvgIpc) is 2.10. The number of hydrogen-bond acceptors (Lipinski definition) is 4. The Bertz CT molecular complexity index is 292. The van der Waals surface area contributed by atoms with Crippen LogP contribution >= 0.6 is 0 Å². The maximum absolute atomic E-state index is 11.6. The van der Waals surface area contributed by atoms with Crippen LogP contribution in [0.3, 0.4) is 0 Å². The number of amides is 1. The molecule has 0 saturated heterocycles. The summed E-state index contributed by atoms with van der Waals surface area (Å²) in [6.45, 7) is 9.54.